The van der Waals surface area contributed by atoms with Crippen LogP contribution in [0.5, 0.6) is 46.0 Å². The minimum absolute atomic E-state index is 0.0371. The van der Waals surface area contributed by atoms with E-state index < -0.39 is 38.8 Å². The zero-order chi connectivity index (χ0) is 43.4. The number of phosphoric acid groups is 2. The van der Waals surface area contributed by atoms with Gasteiger partial charge in [-0.25, -0.2) is 9.59 Å². The lowest BCUT2D eigenvalue weighted by molar-refractivity contribution is -0.434. The molecule has 0 saturated heterocycles. The lowest BCUT2D eigenvalue weighted by Gasteiger charge is -2.36. The maximum Gasteiger partial charge on any atom is 0.340 e. The lowest BCUT2D eigenvalue weighted by atomic mass is 9.77. The average molecular weight is 855 g/mol. The van der Waals surface area contributed by atoms with E-state index >= 15 is 0 Å². The second kappa shape index (κ2) is 15.1. The van der Waals surface area contributed by atoms with E-state index in [1.54, 1.807) is 48.5 Å². The van der Waals surface area contributed by atoms with Crippen LogP contribution in [0.1, 0.15) is 54.1 Å². The number of benzene rings is 6. The van der Waals surface area contributed by atoms with Crippen LogP contribution in [0, 0.1) is 0 Å². The van der Waals surface area contributed by atoms with Crippen LogP contribution >= 0.6 is 15.6 Å². The van der Waals surface area contributed by atoms with E-state index in [1.165, 1.54) is 48.5 Å². The van der Waals surface area contributed by atoms with Crippen molar-refractivity contribution in [3.63, 3.8) is 0 Å². The average Bonchev–Trinajstić information content (AvgIpc) is 3.61. The highest BCUT2D eigenvalue weighted by atomic mass is 31.2. The van der Waals surface area contributed by atoms with Gasteiger partial charge in [0.2, 0.25) is 0 Å². The third-order valence-corrected chi connectivity index (χ3v) is 9.36. The van der Waals surface area contributed by atoms with E-state index in [0.29, 0.717) is 67.5 Å². The monoisotopic (exact) mass is 854 g/mol. The summed E-state index contributed by atoms with van der Waals surface area (Å²) in [6, 6.07) is 33.2. The van der Waals surface area contributed by atoms with Crippen LogP contribution < -0.4 is 38.8 Å². The molecule has 0 aliphatic carbocycles. The molecule has 6 aromatic rings. The van der Waals surface area contributed by atoms with Gasteiger partial charge in [-0.2, -0.15) is 15.6 Å². The molecule has 0 saturated carbocycles. The van der Waals surface area contributed by atoms with Crippen LogP contribution in [0.25, 0.3) is 0 Å². The van der Waals surface area contributed by atoms with E-state index in [9.17, 15) is 30.0 Å². The van der Waals surface area contributed by atoms with Crippen LogP contribution in [0.4, 0.5) is 0 Å². The van der Waals surface area contributed by atoms with Crippen LogP contribution in [-0.2, 0) is 29.8 Å². The Morgan fingerprint density at radius 2 is 0.650 bits per heavy atom. The molecular formula is C40H24O18P2-6. The topological polar surface area (TPSA) is 324 Å². The van der Waals surface area contributed by atoms with Crippen LogP contribution in [-0.4, -0.2) is 32.4 Å². The zero-order valence-electron chi connectivity index (χ0n) is 29.9. The van der Waals surface area contributed by atoms with Gasteiger partial charge < -0.3 is 77.9 Å². The van der Waals surface area contributed by atoms with Gasteiger partial charge in [0.25, 0.3) is 0 Å². The van der Waals surface area contributed by atoms with E-state index in [-0.39, 0.29) is 23.0 Å². The Kier molecular flexibility index (Phi) is 10.5. The van der Waals surface area contributed by atoms with Crippen molar-refractivity contribution in [2.45, 2.75) is 11.2 Å². The van der Waals surface area contributed by atoms with Crippen molar-refractivity contribution in [2.75, 3.05) is 0 Å². The Morgan fingerprint density at radius 1 is 0.400 bits per heavy atom. The first-order valence-electron chi connectivity index (χ1n) is 17.0. The van der Waals surface area contributed by atoms with Crippen molar-refractivity contribution < 1.29 is 87.5 Å². The molecule has 60 heavy (non-hydrogen) atoms. The summed E-state index contributed by atoms with van der Waals surface area (Å²) < 4.78 is 40.6. The van der Waals surface area contributed by atoms with Crippen molar-refractivity contribution in [3.8, 4) is 46.0 Å². The molecule has 20 heteroatoms. The van der Waals surface area contributed by atoms with Crippen LogP contribution in [0.3, 0.4) is 0 Å². The first-order chi connectivity index (χ1) is 28.2. The minimum Gasteiger partial charge on any atom is -0.822 e. The molecule has 0 radical (unpaired) electrons. The number of carbonyl (C=O) groups is 2. The molecule has 0 unspecified atom stereocenters. The van der Waals surface area contributed by atoms with Crippen molar-refractivity contribution >= 4 is 27.6 Å². The van der Waals surface area contributed by atoms with Crippen LogP contribution in [0.2, 0.25) is 0 Å². The molecule has 2 spiro atoms. The molecule has 18 nitrogen and oxygen atoms in total. The fourth-order valence-electron chi connectivity index (χ4n) is 7.31. The number of esters is 2. The number of ether oxygens (including phenoxy) is 4. The predicted octanol–water partition coefficient (Wildman–Crippen LogP) is 1.68. The number of phenols is 4. The fraction of sp³-hybridized carbons (Fsp3) is 0.0500. The maximum atomic E-state index is 12.5. The van der Waals surface area contributed by atoms with E-state index in [4.69, 9.17) is 57.4 Å². The van der Waals surface area contributed by atoms with Crippen LogP contribution in [0.15, 0.2) is 121 Å². The largest absolute Gasteiger partial charge is 0.822 e. The Bertz CT molecular complexity index is 2500. The number of carbonyl (C=O) groups excluding carboxylic acids is 2. The molecular weight excluding hydrogens is 830 g/mol. The van der Waals surface area contributed by atoms with Gasteiger partial charge in [-0.1, -0.05) is 36.4 Å². The first-order valence-corrected chi connectivity index (χ1v) is 19.9. The Morgan fingerprint density at radius 3 is 0.917 bits per heavy atom. The van der Waals surface area contributed by atoms with Gasteiger partial charge in [0, 0.05) is 57.6 Å². The molecule has 4 heterocycles. The van der Waals surface area contributed by atoms with Crippen molar-refractivity contribution in [1.29, 1.82) is 0 Å². The maximum absolute atomic E-state index is 12.5. The minimum atomic E-state index is -5.39. The number of hydrogen-bond donors (Lipinski definition) is 4. The Hall–Kier alpha value is -6.72. The molecule has 0 amide bonds. The van der Waals surface area contributed by atoms with Gasteiger partial charge in [-0.05, 0) is 60.7 Å². The smallest absolute Gasteiger partial charge is 0.340 e. The van der Waals surface area contributed by atoms with Crippen molar-refractivity contribution in [2.24, 2.45) is 0 Å². The summed E-state index contributed by atoms with van der Waals surface area (Å²) in [5.74, 6) is 0.817. The van der Waals surface area contributed by atoms with Crippen molar-refractivity contribution in [1.82, 2.24) is 0 Å². The summed E-state index contributed by atoms with van der Waals surface area (Å²) in [7, 11) is -10.8. The first kappa shape index (κ1) is 41.4. The molecule has 4 N–H and O–H groups in total. The molecule has 0 atom stereocenters. The highest BCUT2D eigenvalue weighted by molar-refractivity contribution is 7.40. The molecule has 0 fully saturated rings. The number of aromatic hydroxyl groups is 4. The summed E-state index contributed by atoms with van der Waals surface area (Å²) in [4.78, 5) is 76.4. The third-order valence-electron chi connectivity index (χ3n) is 9.36. The predicted molar refractivity (Wildman–Crippen MR) is 191 cm³/mol. The van der Waals surface area contributed by atoms with Gasteiger partial charge in [0.1, 0.15) is 46.0 Å². The standard InChI is InChI=1S/2C20H12O5.2H3O4P/c2*21-11-5-7-15-17(9-11)24-18-10-12(22)6-8-16(18)20(15)14-4-2-1-3-13(14)19(23)25-20;2*1-5(2,3)4/h2*1-10,21-22H;2*(H3,1,2,3,4)/p-6. The van der Waals surface area contributed by atoms with Gasteiger partial charge in [-0.3, -0.25) is 0 Å². The van der Waals surface area contributed by atoms with Gasteiger partial charge in [0.05, 0.1) is 11.1 Å². The molecule has 10 rings (SSSR count). The second-order valence-corrected chi connectivity index (χ2v) is 14.8. The summed E-state index contributed by atoms with van der Waals surface area (Å²) in [6.45, 7) is 0. The highest BCUT2D eigenvalue weighted by Gasteiger charge is 2.55. The normalized spacial score (nSPS) is 15.1. The highest BCUT2D eigenvalue weighted by Crippen LogP contribution is 2.58. The number of fused-ring (bicyclic) bond motifs is 12. The Balaban J connectivity index is 0.000000149. The summed E-state index contributed by atoms with van der Waals surface area (Å²) in [6.07, 6.45) is 0. The van der Waals surface area contributed by atoms with Gasteiger partial charge >= 0.3 is 11.9 Å². The van der Waals surface area contributed by atoms with E-state index in [1.807, 2.05) is 24.3 Å². The fourth-order valence-corrected chi connectivity index (χ4v) is 7.31. The van der Waals surface area contributed by atoms with E-state index in [0.717, 1.165) is 0 Å². The van der Waals surface area contributed by atoms with E-state index in [2.05, 4.69) is 0 Å². The zero-order valence-corrected chi connectivity index (χ0v) is 31.7. The lowest BCUT2D eigenvalue weighted by Crippen LogP contribution is -2.32. The SMILES string of the molecule is O=C1OC2(c3ccc(O)cc3Oc3cc(O)ccc32)c2ccccc21.O=C1OC2(c3ccc(O)cc3Oc3cc(O)ccc32)c2ccccc21.O=P([O-])([O-])[O-].O=P([O-])([O-])[O-]. The molecule has 0 bridgehead atoms. The quantitative estimate of drug-likeness (QED) is 0.125. The summed E-state index contributed by atoms with van der Waals surface area (Å²) >= 11 is 0. The van der Waals surface area contributed by atoms with Gasteiger partial charge in [0.15, 0.2) is 11.2 Å². The molecule has 0 aromatic heterocycles. The number of rotatable bonds is 0. The molecule has 6 aromatic carbocycles. The second-order valence-electron chi connectivity index (χ2n) is 13.1. The molecule has 4 aliphatic heterocycles. The Labute approximate surface area is 337 Å². The molecule has 4 aliphatic rings. The van der Waals surface area contributed by atoms with Gasteiger partial charge in [-0.15, -0.1) is 0 Å². The number of phenolic OH excluding ortho intramolecular Hbond substituents is 4. The van der Waals surface area contributed by atoms with Crippen molar-refractivity contribution in [3.05, 3.63) is 166 Å². The molecule has 308 valence electrons. The number of hydrogen-bond acceptors (Lipinski definition) is 18. The third kappa shape index (κ3) is 7.76. The summed E-state index contributed by atoms with van der Waals surface area (Å²) in [5, 5.41) is 39.3. The summed E-state index contributed by atoms with van der Waals surface area (Å²) in [5.41, 5.74) is 2.57.